The Morgan fingerprint density at radius 2 is 1.65 bits per heavy atom. The standard InChI is InChI=1S/C41H42ClN7O6/c1-39(2)37(40(3,4)38(39)55-26-8-5-23(19-43)29(42)18-26)46-33(51)24-6-11-31(44-20-24)48-21-41(22-48)13-15-47(16-14-41)25-7-9-27-28(17-25)36(54)49(35(27)53)30-10-12-32(50)45-34(30)52/h5-9,11,17-18,20,30,37-38H,10,12-16,21-22H2,1-4H3,(H,46,51)(H,45,50,52)/t30?,37-,38-. The molecule has 0 radical (unpaired) electrons. The van der Waals surface area contributed by atoms with E-state index in [9.17, 15) is 29.2 Å². The number of amides is 5. The van der Waals surface area contributed by atoms with Crippen molar-refractivity contribution < 1.29 is 28.7 Å². The summed E-state index contributed by atoms with van der Waals surface area (Å²) in [6.45, 7) is 11.6. The lowest BCUT2D eigenvalue weighted by molar-refractivity contribution is -0.164. The zero-order valence-corrected chi connectivity index (χ0v) is 31.9. The first kappa shape index (κ1) is 36.5. The first-order valence-corrected chi connectivity index (χ1v) is 19.0. The third kappa shape index (κ3) is 6.07. The molecule has 1 spiro atoms. The van der Waals surface area contributed by atoms with E-state index in [2.05, 4.69) is 59.2 Å². The van der Waals surface area contributed by atoms with Crippen molar-refractivity contribution in [3.8, 4) is 11.8 Å². The monoisotopic (exact) mass is 763 g/mol. The number of benzene rings is 2. The van der Waals surface area contributed by atoms with E-state index in [0.717, 1.165) is 55.4 Å². The van der Waals surface area contributed by atoms with Gasteiger partial charge in [0.1, 0.15) is 29.8 Å². The maximum Gasteiger partial charge on any atom is 0.262 e. The van der Waals surface area contributed by atoms with Gasteiger partial charge in [0, 0.05) is 72.8 Å². The van der Waals surface area contributed by atoms with Crippen LogP contribution in [-0.4, -0.2) is 83.8 Å². The number of carbonyl (C=O) groups excluding carboxylic acids is 5. The Kier molecular flexibility index (Phi) is 8.68. The molecule has 1 saturated carbocycles. The second-order valence-electron chi connectivity index (χ2n) is 16.7. The first-order chi connectivity index (χ1) is 26.1. The lowest BCUT2D eigenvalue weighted by atomic mass is 9.49. The molecule has 1 atom stereocenters. The number of carbonyl (C=O) groups is 5. The molecule has 5 heterocycles. The van der Waals surface area contributed by atoms with Gasteiger partial charge in [0.05, 0.1) is 27.3 Å². The van der Waals surface area contributed by atoms with Gasteiger partial charge in [0.15, 0.2) is 0 Å². The van der Waals surface area contributed by atoms with Crippen molar-refractivity contribution in [2.45, 2.75) is 71.6 Å². The Labute approximate surface area is 323 Å². The van der Waals surface area contributed by atoms with Crippen LogP contribution in [0.4, 0.5) is 11.5 Å². The SMILES string of the molecule is CC1(C)[C@H](NC(=O)c2ccc(N3CC4(CCN(c5ccc6c(c5)C(=O)N(C5CCC(=O)NC5=O)C6=O)CC4)C3)nc2)C(C)(C)[C@H]1Oc1ccc(C#N)c(Cl)c1. The summed E-state index contributed by atoms with van der Waals surface area (Å²) in [6.07, 6.45) is 3.53. The van der Waals surface area contributed by atoms with Crippen LogP contribution in [0.2, 0.25) is 5.02 Å². The van der Waals surface area contributed by atoms with Crippen molar-refractivity contribution >= 4 is 52.6 Å². The normalized spacial score (nSPS) is 24.7. The highest BCUT2D eigenvalue weighted by Crippen LogP contribution is 2.55. The quantitative estimate of drug-likeness (QED) is 0.322. The Morgan fingerprint density at radius 3 is 2.29 bits per heavy atom. The number of nitrogens with zero attached hydrogens (tertiary/aromatic N) is 5. The van der Waals surface area contributed by atoms with Crippen LogP contribution < -0.4 is 25.2 Å². The molecule has 0 bridgehead atoms. The molecule has 2 aromatic carbocycles. The van der Waals surface area contributed by atoms with E-state index in [1.165, 1.54) is 0 Å². The molecule has 5 aliphatic rings. The van der Waals surface area contributed by atoms with Crippen LogP contribution in [0.15, 0.2) is 54.7 Å². The van der Waals surface area contributed by atoms with Crippen molar-refractivity contribution in [2.75, 3.05) is 36.0 Å². The number of rotatable bonds is 7. The van der Waals surface area contributed by atoms with Crippen LogP contribution in [0.25, 0.3) is 0 Å². The number of ether oxygens (including phenoxy) is 1. The number of anilines is 2. The topological polar surface area (TPSA) is 165 Å². The van der Waals surface area contributed by atoms with Gasteiger partial charge in [0.2, 0.25) is 11.8 Å². The first-order valence-electron chi connectivity index (χ1n) is 18.6. The molecule has 3 saturated heterocycles. The Bertz CT molecular complexity index is 2170. The number of halogens is 1. The minimum absolute atomic E-state index is 0.0798. The number of nitrogens with one attached hydrogen (secondary N) is 2. The lowest BCUT2D eigenvalue weighted by Crippen LogP contribution is -2.74. The van der Waals surface area contributed by atoms with Crippen LogP contribution in [0, 0.1) is 27.6 Å². The molecular weight excluding hydrogens is 722 g/mol. The number of hydrogen-bond acceptors (Lipinski definition) is 10. The second kappa shape index (κ2) is 13.1. The molecule has 14 heteroatoms. The predicted octanol–water partition coefficient (Wildman–Crippen LogP) is 4.73. The van der Waals surface area contributed by atoms with Crippen LogP contribution in [0.3, 0.4) is 0 Å². The number of aromatic nitrogens is 1. The van der Waals surface area contributed by atoms with E-state index < -0.39 is 29.7 Å². The summed E-state index contributed by atoms with van der Waals surface area (Å²) in [5.41, 5.74) is 1.67. The Morgan fingerprint density at radius 1 is 0.945 bits per heavy atom. The van der Waals surface area contributed by atoms with E-state index >= 15 is 0 Å². The molecule has 55 heavy (non-hydrogen) atoms. The van der Waals surface area contributed by atoms with E-state index in [0.29, 0.717) is 21.9 Å². The second-order valence-corrected chi connectivity index (χ2v) is 17.1. The fraction of sp³-hybridized carbons (Fsp3) is 0.439. The number of fused-ring (bicyclic) bond motifs is 1. The molecular formula is C41H42ClN7O6. The van der Waals surface area contributed by atoms with Crippen molar-refractivity contribution in [3.63, 3.8) is 0 Å². The molecule has 1 aromatic heterocycles. The van der Waals surface area contributed by atoms with Gasteiger partial charge in [-0.25, -0.2) is 4.98 Å². The van der Waals surface area contributed by atoms with Crippen LogP contribution in [0.5, 0.6) is 5.75 Å². The van der Waals surface area contributed by atoms with Gasteiger partial charge in [-0.3, -0.25) is 34.2 Å². The summed E-state index contributed by atoms with van der Waals surface area (Å²) in [4.78, 5) is 74.1. The van der Waals surface area contributed by atoms with Crippen molar-refractivity contribution in [3.05, 3.63) is 82.0 Å². The summed E-state index contributed by atoms with van der Waals surface area (Å²) >= 11 is 6.24. The minimum Gasteiger partial charge on any atom is -0.489 e. The van der Waals surface area contributed by atoms with Gasteiger partial charge in [-0.05, 0) is 61.7 Å². The zero-order valence-electron chi connectivity index (χ0n) is 31.1. The largest absolute Gasteiger partial charge is 0.489 e. The van der Waals surface area contributed by atoms with Crippen molar-refractivity contribution in [1.82, 2.24) is 20.5 Å². The summed E-state index contributed by atoms with van der Waals surface area (Å²) in [6, 6.07) is 14.9. The summed E-state index contributed by atoms with van der Waals surface area (Å²) in [5, 5.41) is 15.0. The van der Waals surface area contributed by atoms with E-state index in [1.54, 1.807) is 36.5 Å². The average Bonchev–Trinajstić information content (AvgIpc) is 3.39. The van der Waals surface area contributed by atoms with Gasteiger partial charge in [0.25, 0.3) is 17.7 Å². The molecule has 4 fully saturated rings. The highest BCUT2D eigenvalue weighted by Gasteiger charge is 2.64. The molecule has 8 rings (SSSR count). The molecule has 1 unspecified atom stereocenters. The Hall–Kier alpha value is -5.48. The van der Waals surface area contributed by atoms with Crippen LogP contribution in [-0.2, 0) is 9.59 Å². The van der Waals surface area contributed by atoms with E-state index in [4.69, 9.17) is 16.3 Å². The molecule has 2 N–H and O–H groups in total. The summed E-state index contributed by atoms with van der Waals surface area (Å²) in [7, 11) is 0. The zero-order chi connectivity index (χ0) is 39.0. The maximum absolute atomic E-state index is 13.4. The number of nitriles is 1. The highest BCUT2D eigenvalue weighted by molar-refractivity contribution is 6.31. The average molecular weight is 764 g/mol. The molecule has 4 aliphatic heterocycles. The van der Waals surface area contributed by atoms with Crippen molar-refractivity contribution in [2.24, 2.45) is 16.2 Å². The van der Waals surface area contributed by atoms with E-state index in [-0.39, 0.29) is 58.3 Å². The predicted molar refractivity (Wildman–Crippen MR) is 203 cm³/mol. The summed E-state index contributed by atoms with van der Waals surface area (Å²) in [5.74, 6) is -0.823. The van der Waals surface area contributed by atoms with Crippen LogP contribution in [0.1, 0.15) is 90.0 Å². The third-order valence-electron chi connectivity index (χ3n) is 12.4. The molecule has 13 nitrogen and oxygen atoms in total. The van der Waals surface area contributed by atoms with Crippen LogP contribution >= 0.6 is 11.6 Å². The van der Waals surface area contributed by atoms with E-state index in [1.807, 2.05) is 18.2 Å². The molecule has 1 aliphatic carbocycles. The third-order valence-corrected chi connectivity index (χ3v) is 12.7. The number of hydrogen-bond donors (Lipinski definition) is 2. The molecule has 3 aromatic rings. The summed E-state index contributed by atoms with van der Waals surface area (Å²) < 4.78 is 6.36. The highest BCUT2D eigenvalue weighted by atomic mass is 35.5. The van der Waals surface area contributed by atoms with Gasteiger partial charge in [-0.15, -0.1) is 0 Å². The smallest absolute Gasteiger partial charge is 0.262 e. The van der Waals surface area contributed by atoms with Gasteiger partial charge >= 0.3 is 0 Å². The molecule has 284 valence electrons. The van der Waals surface area contributed by atoms with Crippen molar-refractivity contribution in [1.29, 1.82) is 5.26 Å². The fourth-order valence-corrected chi connectivity index (χ4v) is 9.87. The van der Waals surface area contributed by atoms with Gasteiger partial charge < -0.3 is 19.9 Å². The van der Waals surface area contributed by atoms with Gasteiger partial charge in [-0.1, -0.05) is 39.3 Å². The number of imide groups is 2. The number of piperidine rings is 2. The maximum atomic E-state index is 13.4. The fourth-order valence-electron chi connectivity index (χ4n) is 9.65. The minimum atomic E-state index is -0.988. The molecule has 5 amide bonds. The lowest BCUT2D eigenvalue weighted by Gasteiger charge is -2.63. The Balaban J connectivity index is 0.841. The van der Waals surface area contributed by atoms with Gasteiger partial charge in [-0.2, -0.15) is 5.26 Å². The number of pyridine rings is 1.